The van der Waals surface area contributed by atoms with Crippen LogP contribution in [-0.2, 0) is 6.18 Å². The maximum Gasteiger partial charge on any atom is 0.416 e. The zero-order valence-electron chi connectivity index (χ0n) is 11.5. The van der Waals surface area contributed by atoms with Crippen LogP contribution < -0.4 is 4.90 Å². The number of alkyl halides is 3. The van der Waals surface area contributed by atoms with Crippen molar-refractivity contribution in [2.75, 3.05) is 18.0 Å². The Hall–Kier alpha value is -1.56. The van der Waals surface area contributed by atoms with E-state index in [0.29, 0.717) is 12.1 Å². The standard InChI is InChI=1S/C15H15F3N2S/c1-10-9-21-14(19-10)20-7-6-11(8-20)12-4-2-3-5-13(12)15(16,17)18/h2-5,9,11H,6-8H2,1H3. The van der Waals surface area contributed by atoms with Crippen LogP contribution in [0.15, 0.2) is 29.6 Å². The lowest BCUT2D eigenvalue weighted by molar-refractivity contribution is -0.138. The molecule has 1 aromatic carbocycles. The van der Waals surface area contributed by atoms with Gasteiger partial charge >= 0.3 is 6.18 Å². The highest BCUT2D eigenvalue weighted by atomic mass is 32.1. The van der Waals surface area contributed by atoms with Gasteiger partial charge in [-0.3, -0.25) is 0 Å². The molecule has 0 saturated carbocycles. The van der Waals surface area contributed by atoms with Gasteiger partial charge < -0.3 is 4.90 Å². The highest BCUT2D eigenvalue weighted by Crippen LogP contribution is 2.39. The molecule has 2 nitrogen and oxygen atoms in total. The van der Waals surface area contributed by atoms with E-state index < -0.39 is 11.7 Å². The maximum atomic E-state index is 13.1. The largest absolute Gasteiger partial charge is 0.416 e. The predicted octanol–water partition coefficient (Wildman–Crippen LogP) is 4.46. The van der Waals surface area contributed by atoms with Crippen molar-refractivity contribution in [1.29, 1.82) is 0 Å². The second-order valence-electron chi connectivity index (χ2n) is 5.29. The molecule has 1 unspecified atom stereocenters. The number of nitrogens with zero attached hydrogens (tertiary/aromatic N) is 2. The second kappa shape index (κ2) is 5.33. The van der Waals surface area contributed by atoms with Crippen molar-refractivity contribution in [1.82, 2.24) is 4.98 Å². The number of rotatable bonds is 2. The Bertz CT molecular complexity index is 636. The molecule has 2 aromatic rings. The number of hydrogen-bond donors (Lipinski definition) is 0. The molecule has 1 aliphatic heterocycles. The SMILES string of the molecule is Cc1csc(N2CCC(c3ccccc3C(F)(F)F)C2)n1. The van der Waals surface area contributed by atoms with E-state index in [1.54, 1.807) is 23.5 Å². The molecule has 1 saturated heterocycles. The first-order chi connectivity index (χ1) is 9.95. The fraction of sp³-hybridized carbons (Fsp3) is 0.400. The van der Waals surface area contributed by atoms with Crippen molar-refractivity contribution >= 4 is 16.5 Å². The minimum Gasteiger partial charge on any atom is -0.347 e. The molecule has 1 atom stereocenters. The number of benzene rings is 1. The van der Waals surface area contributed by atoms with Gasteiger partial charge in [-0.1, -0.05) is 18.2 Å². The van der Waals surface area contributed by atoms with Crippen LogP contribution in [0.1, 0.15) is 29.2 Å². The van der Waals surface area contributed by atoms with E-state index in [1.807, 2.05) is 12.3 Å². The second-order valence-corrected chi connectivity index (χ2v) is 6.12. The normalized spacial score (nSPS) is 19.2. The lowest BCUT2D eigenvalue weighted by Gasteiger charge is -2.18. The monoisotopic (exact) mass is 312 g/mol. The average Bonchev–Trinajstić information content (AvgIpc) is 3.06. The molecule has 0 radical (unpaired) electrons. The molecule has 1 aliphatic rings. The Kier molecular flexibility index (Phi) is 3.65. The first-order valence-electron chi connectivity index (χ1n) is 6.78. The Balaban J connectivity index is 1.84. The van der Waals surface area contributed by atoms with E-state index in [4.69, 9.17) is 0 Å². The molecule has 1 aromatic heterocycles. The van der Waals surface area contributed by atoms with Crippen LogP contribution in [0.2, 0.25) is 0 Å². The summed E-state index contributed by atoms with van der Waals surface area (Å²) in [4.78, 5) is 6.49. The Labute approximate surface area is 125 Å². The maximum absolute atomic E-state index is 13.1. The van der Waals surface area contributed by atoms with Crippen LogP contribution in [0, 0.1) is 6.92 Å². The summed E-state index contributed by atoms with van der Waals surface area (Å²) >= 11 is 1.55. The highest BCUT2D eigenvalue weighted by Gasteiger charge is 2.36. The summed E-state index contributed by atoms with van der Waals surface area (Å²) in [5.41, 5.74) is 0.849. The minimum absolute atomic E-state index is 0.0907. The van der Waals surface area contributed by atoms with E-state index >= 15 is 0 Å². The smallest absolute Gasteiger partial charge is 0.347 e. The molecule has 0 amide bonds. The number of aryl methyl sites for hydroxylation is 1. The van der Waals surface area contributed by atoms with E-state index in [0.717, 1.165) is 23.8 Å². The molecule has 2 heterocycles. The van der Waals surface area contributed by atoms with Crippen molar-refractivity contribution in [3.05, 3.63) is 46.5 Å². The number of halogens is 3. The molecule has 0 bridgehead atoms. The van der Waals surface area contributed by atoms with Gasteiger partial charge in [0.25, 0.3) is 0 Å². The van der Waals surface area contributed by atoms with Crippen LogP contribution in [0.3, 0.4) is 0 Å². The van der Waals surface area contributed by atoms with Gasteiger partial charge in [0, 0.05) is 24.4 Å². The third-order valence-electron chi connectivity index (χ3n) is 3.77. The minimum atomic E-state index is -4.29. The van der Waals surface area contributed by atoms with Gasteiger partial charge in [-0.05, 0) is 25.0 Å². The Morgan fingerprint density at radius 3 is 2.71 bits per heavy atom. The summed E-state index contributed by atoms with van der Waals surface area (Å²) in [6.07, 6.45) is -3.56. The van der Waals surface area contributed by atoms with Gasteiger partial charge in [0.2, 0.25) is 0 Å². The first kappa shape index (κ1) is 14.4. The van der Waals surface area contributed by atoms with Gasteiger partial charge in [-0.15, -0.1) is 11.3 Å². The van der Waals surface area contributed by atoms with Crippen LogP contribution in [0.25, 0.3) is 0 Å². The van der Waals surface area contributed by atoms with Crippen LogP contribution in [0.4, 0.5) is 18.3 Å². The van der Waals surface area contributed by atoms with Crippen molar-refractivity contribution < 1.29 is 13.2 Å². The van der Waals surface area contributed by atoms with Gasteiger partial charge in [0.05, 0.1) is 11.3 Å². The van der Waals surface area contributed by atoms with Crippen molar-refractivity contribution in [3.63, 3.8) is 0 Å². The quantitative estimate of drug-likeness (QED) is 0.813. The Morgan fingerprint density at radius 1 is 1.29 bits per heavy atom. The van der Waals surface area contributed by atoms with Crippen molar-refractivity contribution in [3.8, 4) is 0 Å². The summed E-state index contributed by atoms with van der Waals surface area (Å²) < 4.78 is 39.3. The summed E-state index contributed by atoms with van der Waals surface area (Å²) in [6, 6.07) is 5.90. The predicted molar refractivity (Wildman–Crippen MR) is 77.9 cm³/mol. The van der Waals surface area contributed by atoms with Crippen LogP contribution in [0.5, 0.6) is 0 Å². The third-order valence-corrected chi connectivity index (χ3v) is 4.79. The van der Waals surface area contributed by atoms with Gasteiger partial charge in [-0.25, -0.2) is 4.98 Å². The summed E-state index contributed by atoms with van der Waals surface area (Å²) in [7, 11) is 0. The summed E-state index contributed by atoms with van der Waals surface area (Å²) in [5, 5.41) is 2.87. The molecule has 3 rings (SSSR count). The number of hydrogen-bond acceptors (Lipinski definition) is 3. The molecular weight excluding hydrogens is 297 g/mol. The number of thiazole rings is 1. The van der Waals surface area contributed by atoms with Crippen molar-refractivity contribution in [2.24, 2.45) is 0 Å². The summed E-state index contributed by atoms with van der Waals surface area (Å²) in [5.74, 6) is -0.0907. The topological polar surface area (TPSA) is 16.1 Å². The lowest BCUT2D eigenvalue weighted by atomic mass is 9.93. The molecule has 0 spiro atoms. The average molecular weight is 312 g/mol. The lowest BCUT2D eigenvalue weighted by Crippen LogP contribution is -2.20. The molecule has 21 heavy (non-hydrogen) atoms. The highest BCUT2D eigenvalue weighted by molar-refractivity contribution is 7.13. The molecular formula is C15H15F3N2S. The van der Waals surface area contributed by atoms with Gasteiger partial charge in [0.1, 0.15) is 0 Å². The van der Waals surface area contributed by atoms with E-state index in [1.165, 1.54) is 12.1 Å². The van der Waals surface area contributed by atoms with Gasteiger partial charge in [-0.2, -0.15) is 13.2 Å². The fourth-order valence-corrected chi connectivity index (χ4v) is 3.63. The molecule has 6 heteroatoms. The zero-order chi connectivity index (χ0) is 15.0. The molecule has 0 N–H and O–H groups in total. The molecule has 112 valence electrons. The zero-order valence-corrected chi connectivity index (χ0v) is 12.3. The van der Waals surface area contributed by atoms with Gasteiger partial charge in [0.15, 0.2) is 5.13 Å². The summed E-state index contributed by atoms with van der Waals surface area (Å²) in [6.45, 7) is 3.27. The Morgan fingerprint density at radius 2 is 2.05 bits per heavy atom. The van der Waals surface area contributed by atoms with Crippen molar-refractivity contribution in [2.45, 2.75) is 25.4 Å². The number of aromatic nitrogens is 1. The fourth-order valence-electron chi connectivity index (χ4n) is 2.79. The van der Waals surface area contributed by atoms with E-state index in [2.05, 4.69) is 9.88 Å². The van der Waals surface area contributed by atoms with E-state index in [-0.39, 0.29) is 5.92 Å². The molecule has 1 fully saturated rings. The third kappa shape index (κ3) is 2.90. The molecule has 0 aliphatic carbocycles. The van der Waals surface area contributed by atoms with Crippen LogP contribution in [-0.4, -0.2) is 18.1 Å². The van der Waals surface area contributed by atoms with E-state index in [9.17, 15) is 13.2 Å². The first-order valence-corrected chi connectivity index (χ1v) is 7.66. The van der Waals surface area contributed by atoms with Crippen LogP contribution >= 0.6 is 11.3 Å². The number of anilines is 1.